The lowest BCUT2D eigenvalue weighted by molar-refractivity contribution is -0.173. The summed E-state index contributed by atoms with van der Waals surface area (Å²) in [6.45, 7) is 13.8. The van der Waals surface area contributed by atoms with Crippen molar-refractivity contribution in [2.75, 3.05) is 28.2 Å². The van der Waals surface area contributed by atoms with Gasteiger partial charge in [-0.1, -0.05) is 85.5 Å². The zero-order valence-electron chi connectivity index (χ0n) is 38.7. The van der Waals surface area contributed by atoms with Crippen molar-refractivity contribution in [2.45, 2.75) is 207 Å². The van der Waals surface area contributed by atoms with E-state index >= 15 is 0 Å². The van der Waals surface area contributed by atoms with Gasteiger partial charge in [0.15, 0.2) is 18.3 Å². The lowest BCUT2D eigenvalue weighted by atomic mass is 10.0. The fraction of sp³-hybridized carbons (Fsp3) is 0.818. The van der Waals surface area contributed by atoms with Crippen LogP contribution in [0.5, 0.6) is 0 Å². The Morgan fingerprint density at radius 1 is 0.400 bits per heavy atom. The van der Waals surface area contributed by atoms with Crippen LogP contribution in [-0.2, 0) is 52.6 Å². The SMILES string of the molecule is CCCCC[C@@H]1NC(=O)[C@@H](C)N(C)C(=O)[C@H](CCCCC)OC(=O)[C@@H](C)N(C)C(=O)[C@H](CCCCC)OC(=O)[C@@H](C)N(C)C(=O)[C@H](CCCCC)OC(=O)[C@@H](C)N(C)C1=O. The highest BCUT2D eigenvalue weighted by molar-refractivity contribution is 5.95. The van der Waals surface area contributed by atoms with Crippen molar-refractivity contribution >= 4 is 47.4 Å². The van der Waals surface area contributed by atoms with Gasteiger partial charge in [0.2, 0.25) is 11.8 Å². The third-order valence-electron chi connectivity index (χ3n) is 11.6. The first-order valence-electron chi connectivity index (χ1n) is 22.3. The second-order valence-corrected chi connectivity index (χ2v) is 16.3. The summed E-state index contributed by atoms with van der Waals surface area (Å²) in [6, 6.07) is -5.72. The van der Waals surface area contributed by atoms with Gasteiger partial charge in [-0.05, 0) is 72.6 Å². The fourth-order valence-corrected chi connectivity index (χ4v) is 6.64. The highest BCUT2D eigenvalue weighted by Gasteiger charge is 2.40. The topological polar surface area (TPSA) is 189 Å². The molecule has 1 aliphatic heterocycles. The molecular formula is C44H77N5O11. The summed E-state index contributed by atoms with van der Waals surface area (Å²) in [7, 11) is 5.60. The van der Waals surface area contributed by atoms with Crippen LogP contribution in [0.1, 0.15) is 158 Å². The minimum absolute atomic E-state index is 0.151. The molecule has 344 valence electrons. The zero-order chi connectivity index (χ0) is 45.7. The Morgan fingerprint density at radius 2 is 0.667 bits per heavy atom. The Bertz CT molecular complexity index is 1220. The van der Waals surface area contributed by atoms with E-state index in [-0.39, 0.29) is 25.7 Å². The molecule has 0 bridgehead atoms. The average Bonchev–Trinajstić information content (AvgIpc) is 3.23. The van der Waals surface area contributed by atoms with Gasteiger partial charge >= 0.3 is 17.9 Å². The summed E-state index contributed by atoms with van der Waals surface area (Å²) in [4.78, 5) is 115. The van der Waals surface area contributed by atoms with Crippen molar-refractivity contribution in [3.05, 3.63) is 0 Å². The molecule has 16 heteroatoms. The molecule has 1 N–H and O–H groups in total. The Balaban J connectivity index is 3.81. The second kappa shape index (κ2) is 27.6. The number of nitrogens with one attached hydrogen (secondary N) is 1. The van der Waals surface area contributed by atoms with Crippen molar-refractivity contribution in [1.29, 1.82) is 0 Å². The molecule has 0 aromatic rings. The smallest absolute Gasteiger partial charge is 0.329 e. The number of rotatable bonds is 16. The van der Waals surface area contributed by atoms with E-state index in [1.54, 1.807) is 0 Å². The normalized spacial score (nSPS) is 26.7. The molecule has 0 aromatic heterocycles. The average molecular weight is 852 g/mol. The van der Waals surface area contributed by atoms with Crippen LogP contribution in [-0.4, -0.2) is 144 Å². The zero-order valence-corrected chi connectivity index (χ0v) is 38.7. The van der Waals surface area contributed by atoms with Crippen LogP contribution in [0.4, 0.5) is 0 Å². The first-order valence-corrected chi connectivity index (χ1v) is 22.3. The monoisotopic (exact) mass is 852 g/mol. The third kappa shape index (κ3) is 16.3. The van der Waals surface area contributed by atoms with E-state index < -0.39 is 96.0 Å². The summed E-state index contributed by atoms with van der Waals surface area (Å²) in [5.74, 6) is -5.72. The molecule has 0 spiro atoms. The Kier molecular flexibility index (Phi) is 24.7. The number of esters is 3. The van der Waals surface area contributed by atoms with Crippen LogP contribution >= 0.6 is 0 Å². The van der Waals surface area contributed by atoms with Crippen LogP contribution in [0.15, 0.2) is 0 Å². The second-order valence-electron chi connectivity index (χ2n) is 16.3. The lowest BCUT2D eigenvalue weighted by Gasteiger charge is -2.33. The van der Waals surface area contributed by atoms with Crippen molar-refractivity contribution in [3.8, 4) is 0 Å². The molecule has 1 aliphatic rings. The van der Waals surface area contributed by atoms with Gasteiger partial charge in [0.1, 0.15) is 30.2 Å². The van der Waals surface area contributed by atoms with Crippen LogP contribution in [0, 0.1) is 0 Å². The van der Waals surface area contributed by atoms with Crippen molar-refractivity contribution in [2.24, 2.45) is 0 Å². The highest BCUT2D eigenvalue weighted by atomic mass is 16.6. The predicted octanol–water partition coefficient (Wildman–Crippen LogP) is 4.93. The number of likely N-dealkylation sites (N-methyl/N-ethyl adjacent to an activating group) is 4. The van der Waals surface area contributed by atoms with Gasteiger partial charge < -0.3 is 39.1 Å². The maximum Gasteiger partial charge on any atom is 0.329 e. The number of amides is 5. The summed E-state index contributed by atoms with van der Waals surface area (Å²) < 4.78 is 17.4. The van der Waals surface area contributed by atoms with E-state index in [4.69, 9.17) is 14.2 Å². The van der Waals surface area contributed by atoms with E-state index in [2.05, 4.69) is 5.32 Å². The van der Waals surface area contributed by atoms with Crippen LogP contribution < -0.4 is 5.32 Å². The largest absolute Gasteiger partial charge is 0.451 e. The van der Waals surface area contributed by atoms with Crippen molar-refractivity contribution < 1.29 is 52.6 Å². The van der Waals surface area contributed by atoms with Gasteiger partial charge in [0, 0.05) is 28.2 Å². The molecule has 0 aromatic carbocycles. The molecule has 1 heterocycles. The van der Waals surface area contributed by atoms with Gasteiger partial charge in [-0.2, -0.15) is 0 Å². The van der Waals surface area contributed by atoms with E-state index in [0.717, 1.165) is 61.2 Å². The Hall–Kier alpha value is -4.24. The quantitative estimate of drug-likeness (QED) is 0.126. The molecule has 16 nitrogen and oxygen atoms in total. The van der Waals surface area contributed by atoms with Gasteiger partial charge in [0.05, 0.1) is 0 Å². The molecule has 5 amide bonds. The van der Waals surface area contributed by atoms with Gasteiger partial charge in [0.25, 0.3) is 17.7 Å². The van der Waals surface area contributed by atoms with Crippen molar-refractivity contribution in [1.82, 2.24) is 24.9 Å². The summed E-state index contributed by atoms with van der Waals surface area (Å²) in [5.41, 5.74) is 0. The minimum Gasteiger partial charge on any atom is -0.451 e. The highest BCUT2D eigenvalue weighted by Crippen LogP contribution is 2.20. The fourth-order valence-electron chi connectivity index (χ4n) is 6.64. The number of cyclic esters (lactones) is 3. The molecule has 0 saturated carbocycles. The number of carbonyl (C=O) groups excluding carboxylic acids is 8. The molecular weight excluding hydrogens is 775 g/mol. The standard InChI is InChI=1S/C44H77N5O11/c1-13-17-21-25-33-38(51)47(10)30(6)42(55)59-35(27-23-19-15-3)40(53)49(12)32(8)44(57)60-36(28-24-20-16-4)41(54)48(11)31(7)43(56)58-34(26-22-18-14-2)39(52)46(9)29(5)37(50)45-33/h29-36H,13-28H2,1-12H3,(H,45,50)/t29-,30-,31-,32-,33+,34+,35+,36+/m1/s1. The number of ether oxygens (including phenoxy) is 3. The number of hydrogen-bond acceptors (Lipinski definition) is 11. The predicted molar refractivity (Wildman–Crippen MR) is 227 cm³/mol. The molecule has 8 atom stereocenters. The molecule has 0 aliphatic carbocycles. The third-order valence-corrected chi connectivity index (χ3v) is 11.6. The van der Waals surface area contributed by atoms with E-state index in [1.807, 2.05) is 27.7 Å². The van der Waals surface area contributed by atoms with E-state index in [9.17, 15) is 38.4 Å². The molecule has 1 saturated heterocycles. The number of hydrogen-bond donors (Lipinski definition) is 1. The maximum atomic E-state index is 14.0. The molecule has 60 heavy (non-hydrogen) atoms. The summed E-state index contributed by atoms with van der Waals surface area (Å²) >= 11 is 0. The van der Waals surface area contributed by atoms with Gasteiger partial charge in [-0.15, -0.1) is 0 Å². The van der Waals surface area contributed by atoms with E-state index in [1.165, 1.54) is 65.7 Å². The molecule has 0 unspecified atom stereocenters. The number of carbonyl (C=O) groups is 8. The van der Waals surface area contributed by atoms with Gasteiger partial charge in [-0.25, -0.2) is 14.4 Å². The minimum atomic E-state index is -1.30. The lowest BCUT2D eigenvalue weighted by Crippen LogP contribution is -2.57. The number of unbranched alkanes of at least 4 members (excludes halogenated alkanes) is 8. The number of nitrogens with zero attached hydrogens (tertiary/aromatic N) is 4. The summed E-state index contributed by atoms with van der Waals surface area (Å²) in [6.07, 6.45) is 5.41. The first-order chi connectivity index (χ1) is 28.3. The van der Waals surface area contributed by atoms with Crippen LogP contribution in [0.25, 0.3) is 0 Å². The maximum absolute atomic E-state index is 14.0. The van der Waals surface area contributed by atoms with Crippen molar-refractivity contribution in [3.63, 3.8) is 0 Å². The molecule has 0 radical (unpaired) electrons. The van der Waals surface area contributed by atoms with Crippen LogP contribution in [0.2, 0.25) is 0 Å². The molecule has 1 fully saturated rings. The van der Waals surface area contributed by atoms with E-state index in [0.29, 0.717) is 25.7 Å². The first kappa shape index (κ1) is 53.8. The Morgan fingerprint density at radius 3 is 0.967 bits per heavy atom. The van der Waals surface area contributed by atoms with Crippen LogP contribution in [0.3, 0.4) is 0 Å². The molecule has 1 rings (SSSR count). The summed E-state index contributed by atoms with van der Waals surface area (Å²) in [5, 5.41) is 2.79. The van der Waals surface area contributed by atoms with Gasteiger partial charge in [-0.3, -0.25) is 24.0 Å². The Labute approximate surface area is 359 Å².